The number of carboxylic acid groups (broad SMARTS) is 1. The number of thioether (sulfide) groups is 1. The van der Waals surface area contributed by atoms with Gasteiger partial charge in [0.25, 0.3) is 5.91 Å². The summed E-state index contributed by atoms with van der Waals surface area (Å²) in [5.74, 6) is -1.34. The van der Waals surface area contributed by atoms with Crippen molar-refractivity contribution in [3.05, 3.63) is 34.7 Å². The molecule has 1 aliphatic rings. The average molecular weight is 436 g/mol. The molecule has 0 aromatic heterocycles. The van der Waals surface area contributed by atoms with Crippen LogP contribution in [0.3, 0.4) is 0 Å². The van der Waals surface area contributed by atoms with Gasteiger partial charge in [-0.1, -0.05) is 69.4 Å². The van der Waals surface area contributed by atoms with Crippen molar-refractivity contribution in [1.82, 2.24) is 4.90 Å². The maximum Gasteiger partial charge on any atom is 0.327 e. The summed E-state index contributed by atoms with van der Waals surface area (Å²) in [6.45, 7) is 7.00. The Morgan fingerprint density at radius 2 is 1.93 bits per heavy atom. The van der Waals surface area contributed by atoms with E-state index in [0.29, 0.717) is 29.1 Å². The SMILES string of the molecule is CCC(Oc1ccccc1/C=C1\SC(=S)N(C(C(=O)O)C(C)CC)C1=O)C(C)=O. The summed E-state index contributed by atoms with van der Waals surface area (Å²) in [6, 6.07) is 6.09. The highest BCUT2D eigenvalue weighted by Gasteiger charge is 2.42. The number of ketones is 1. The molecule has 3 atom stereocenters. The molecule has 1 aromatic rings. The van der Waals surface area contributed by atoms with Gasteiger partial charge in [0.2, 0.25) is 0 Å². The zero-order chi connectivity index (χ0) is 21.7. The topological polar surface area (TPSA) is 83.9 Å². The first-order valence-electron chi connectivity index (χ1n) is 9.47. The van der Waals surface area contributed by atoms with E-state index in [-0.39, 0.29) is 16.0 Å². The molecule has 1 saturated heterocycles. The van der Waals surface area contributed by atoms with E-state index in [9.17, 15) is 19.5 Å². The third-order valence-electron chi connectivity index (χ3n) is 4.84. The Bertz CT molecular complexity index is 851. The van der Waals surface area contributed by atoms with Gasteiger partial charge in [0.15, 0.2) is 11.9 Å². The zero-order valence-corrected chi connectivity index (χ0v) is 18.5. The van der Waals surface area contributed by atoms with Crippen LogP contribution in [-0.2, 0) is 14.4 Å². The van der Waals surface area contributed by atoms with Crippen LogP contribution in [0.4, 0.5) is 0 Å². The van der Waals surface area contributed by atoms with Crippen molar-refractivity contribution in [3.8, 4) is 5.75 Å². The van der Waals surface area contributed by atoms with Gasteiger partial charge in [-0.15, -0.1) is 0 Å². The van der Waals surface area contributed by atoms with Gasteiger partial charge in [-0.3, -0.25) is 14.5 Å². The number of benzene rings is 1. The second-order valence-electron chi connectivity index (χ2n) is 6.88. The number of rotatable bonds is 9. The summed E-state index contributed by atoms with van der Waals surface area (Å²) in [4.78, 5) is 38.0. The van der Waals surface area contributed by atoms with Crippen LogP contribution in [-0.4, -0.2) is 44.1 Å². The van der Waals surface area contributed by atoms with Crippen molar-refractivity contribution in [1.29, 1.82) is 0 Å². The van der Waals surface area contributed by atoms with Crippen LogP contribution in [0.25, 0.3) is 6.08 Å². The quantitative estimate of drug-likeness (QED) is 0.461. The molecule has 0 saturated carbocycles. The number of para-hydroxylation sites is 1. The summed E-state index contributed by atoms with van der Waals surface area (Å²) in [5, 5.41) is 9.63. The maximum absolute atomic E-state index is 13.0. The molecule has 0 bridgehead atoms. The second kappa shape index (κ2) is 10.0. The van der Waals surface area contributed by atoms with E-state index in [0.717, 1.165) is 11.8 Å². The van der Waals surface area contributed by atoms with Gasteiger partial charge in [-0.25, -0.2) is 4.79 Å². The maximum atomic E-state index is 13.0. The molecule has 29 heavy (non-hydrogen) atoms. The normalized spacial score (nSPS) is 18.6. The first kappa shape index (κ1) is 23.1. The van der Waals surface area contributed by atoms with Crippen LogP contribution in [0.15, 0.2) is 29.2 Å². The van der Waals surface area contributed by atoms with Crippen molar-refractivity contribution >= 4 is 52.0 Å². The summed E-state index contributed by atoms with van der Waals surface area (Å²) >= 11 is 6.39. The van der Waals surface area contributed by atoms with Crippen LogP contribution < -0.4 is 4.74 Å². The van der Waals surface area contributed by atoms with Crippen molar-refractivity contribution in [2.75, 3.05) is 0 Å². The molecule has 2 rings (SSSR count). The minimum Gasteiger partial charge on any atom is -0.482 e. The van der Waals surface area contributed by atoms with E-state index in [1.807, 2.05) is 13.8 Å². The molecule has 1 amide bonds. The Hall–Kier alpha value is -2.19. The Kier molecular flexibility index (Phi) is 7.98. The number of carbonyl (C=O) groups is 3. The van der Waals surface area contributed by atoms with Gasteiger partial charge in [0.05, 0.1) is 4.91 Å². The number of ether oxygens (including phenoxy) is 1. The highest BCUT2D eigenvalue weighted by atomic mass is 32.2. The number of carboxylic acids is 1. The lowest BCUT2D eigenvalue weighted by Gasteiger charge is -2.27. The summed E-state index contributed by atoms with van der Waals surface area (Å²) < 4.78 is 6.07. The summed E-state index contributed by atoms with van der Waals surface area (Å²) in [6.07, 6.45) is 2.20. The molecule has 1 heterocycles. The van der Waals surface area contributed by atoms with Crippen LogP contribution in [0.2, 0.25) is 0 Å². The van der Waals surface area contributed by atoms with E-state index >= 15 is 0 Å². The molecule has 0 spiro atoms. The van der Waals surface area contributed by atoms with E-state index in [4.69, 9.17) is 17.0 Å². The van der Waals surface area contributed by atoms with Gasteiger partial charge in [0, 0.05) is 5.56 Å². The predicted molar refractivity (Wildman–Crippen MR) is 118 cm³/mol. The molecule has 1 N–H and O–H groups in total. The van der Waals surface area contributed by atoms with Crippen molar-refractivity contribution < 1.29 is 24.2 Å². The highest BCUT2D eigenvalue weighted by Crippen LogP contribution is 2.37. The second-order valence-corrected chi connectivity index (χ2v) is 8.56. The standard InChI is InChI=1S/C21H25NO5S2/c1-5-12(3)18(20(25)26)22-19(24)17(29-21(22)28)11-14-9-7-8-10-16(14)27-15(6-2)13(4)23/h7-12,15,18H,5-6H2,1-4H3,(H,25,26)/b17-11-. The van der Waals surface area contributed by atoms with E-state index in [2.05, 4.69) is 0 Å². The lowest BCUT2D eigenvalue weighted by Crippen LogP contribution is -2.47. The van der Waals surface area contributed by atoms with Gasteiger partial charge < -0.3 is 9.84 Å². The summed E-state index contributed by atoms with van der Waals surface area (Å²) in [5.41, 5.74) is 0.628. The zero-order valence-electron chi connectivity index (χ0n) is 16.9. The fraction of sp³-hybridized carbons (Fsp3) is 0.429. The van der Waals surface area contributed by atoms with Crippen LogP contribution in [0.5, 0.6) is 5.75 Å². The highest BCUT2D eigenvalue weighted by molar-refractivity contribution is 8.26. The van der Waals surface area contributed by atoms with Gasteiger partial charge >= 0.3 is 5.97 Å². The average Bonchev–Trinajstić information content (AvgIpc) is 2.94. The number of nitrogens with zero attached hydrogens (tertiary/aromatic N) is 1. The lowest BCUT2D eigenvalue weighted by atomic mass is 9.98. The van der Waals surface area contributed by atoms with Gasteiger partial charge in [-0.2, -0.15) is 0 Å². The molecular weight excluding hydrogens is 410 g/mol. The number of hydrogen-bond donors (Lipinski definition) is 1. The first-order valence-corrected chi connectivity index (χ1v) is 10.7. The number of hydrogen-bond acceptors (Lipinski definition) is 6. The van der Waals surface area contributed by atoms with Crippen molar-refractivity contribution in [2.45, 2.75) is 52.7 Å². The largest absolute Gasteiger partial charge is 0.482 e. The van der Waals surface area contributed by atoms with Crippen molar-refractivity contribution in [2.24, 2.45) is 5.92 Å². The minimum absolute atomic E-state index is 0.0773. The number of amides is 1. The molecule has 8 heteroatoms. The molecule has 6 nitrogen and oxygen atoms in total. The number of thiocarbonyl (C=S) groups is 1. The van der Waals surface area contributed by atoms with Crippen LogP contribution in [0.1, 0.15) is 46.1 Å². The monoisotopic (exact) mass is 435 g/mol. The number of Topliss-reactive ketones (excluding diaryl/α,β-unsaturated/α-hetero) is 1. The smallest absolute Gasteiger partial charge is 0.327 e. The third-order valence-corrected chi connectivity index (χ3v) is 6.17. The van der Waals surface area contributed by atoms with Gasteiger partial charge in [-0.05, 0) is 31.4 Å². The molecule has 1 fully saturated rings. The van der Waals surface area contributed by atoms with Gasteiger partial charge in [0.1, 0.15) is 16.1 Å². The summed E-state index contributed by atoms with van der Waals surface area (Å²) in [7, 11) is 0. The fourth-order valence-electron chi connectivity index (χ4n) is 3.01. The minimum atomic E-state index is -1.08. The Morgan fingerprint density at radius 3 is 2.48 bits per heavy atom. The molecule has 0 aliphatic carbocycles. The molecule has 156 valence electrons. The molecule has 1 aliphatic heterocycles. The lowest BCUT2D eigenvalue weighted by molar-refractivity contribution is -0.147. The van der Waals surface area contributed by atoms with Crippen LogP contribution in [0, 0.1) is 5.92 Å². The Labute approximate surface area is 180 Å². The first-order chi connectivity index (χ1) is 13.7. The number of aliphatic carboxylic acids is 1. The molecule has 1 aromatic carbocycles. The Morgan fingerprint density at radius 1 is 1.28 bits per heavy atom. The third kappa shape index (κ3) is 5.25. The fourth-order valence-corrected chi connectivity index (χ4v) is 4.33. The Balaban J connectivity index is 2.37. The molecule has 3 unspecified atom stereocenters. The van der Waals surface area contributed by atoms with Crippen LogP contribution >= 0.6 is 24.0 Å². The number of carbonyl (C=O) groups excluding carboxylic acids is 2. The predicted octanol–water partition coefficient (Wildman–Crippen LogP) is 4.13. The van der Waals surface area contributed by atoms with E-state index in [1.165, 1.54) is 11.8 Å². The van der Waals surface area contributed by atoms with Crippen molar-refractivity contribution in [3.63, 3.8) is 0 Å². The molecule has 0 radical (unpaired) electrons. The van der Waals surface area contributed by atoms with E-state index in [1.54, 1.807) is 37.3 Å². The molecular formula is C21H25NO5S2. The van der Waals surface area contributed by atoms with E-state index < -0.39 is 24.0 Å².